The van der Waals surface area contributed by atoms with Crippen LogP contribution in [0.1, 0.15) is 188 Å². The van der Waals surface area contributed by atoms with Crippen LogP contribution in [0.15, 0.2) is 73.4 Å². The van der Waals surface area contributed by atoms with Crippen molar-refractivity contribution in [1.29, 1.82) is 0 Å². The van der Waals surface area contributed by atoms with Gasteiger partial charge in [0.15, 0.2) is 22.8 Å². The van der Waals surface area contributed by atoms with E-state index < -0.39 is 84.6 Å². The van der Waals surface area contributed by atoms with Crippen molar-refractivity contribution >= 4 is 69.1 Å². The average Bonchev–Trinajstić information content (AvgIpc) is 2.05. The number of carbonyl (C=O) groups is 3. The third-order valence-electron chi connectivity index (χ3n) is 13.6. The lowest BCUT2D eigenvalue weighted by Crippen LogP contribution is -2.46. The first kappa shape index (κ1) is 75.5. The van der Waals surface area contributed by atoms with Crippen LogP contribution in [-0.4, -0.2) is 103 Å². The number of thioether (sulfide) groups is 1. The molecule has 0 radical (unpaired) electrons. The number of hydrogen-bond acceptors (Lipinski definition) is 22. The van der Waals surface area contributed by atoms with Gasteiger partial charge in [0.2, 0.25) is 11.8 Å². The first-order valence-corrected chi connectivity index (χ1v) is 35.1. The van der Waals surface area contributed by atoms with Crippen LogP contribution in [0.3, 0.4) is 0 Å². The molecular weight excluding hydrogens is 1180 g/mol. The molecule has 1 saturated heterocycles. The summed E-state index contributed by atoms with van der Waals surface area (Å²) in [6, 6.07) is 0. The Morgan fingerprint density at radius 1 is 0.729 bits per heavy atom. The summed E-state index contributed by atoms with van der Waals surface area (Å²) in [6.45, 7) is 2.41. The lowest BCUT2D eigenvalue weighted by atomic mass is 9.87. The van der Waals surface area contributed by atoms with Crippen molar-refractivity contribution in [3.63, 3.8) is 0 Å². The van der Waals surface area contributed by atoms with Crippen LogP contribution in [0, 0.1) is 5.41 Å². The number of nitrogens with one attached hydrogen (secondary N) is 2. The van der Waals surface area contributed by atoms with Crippen LogP contribution in [-0.2, 0) is 50.7 Å². The Balaban J connectivity index is 1.14. The van der Waals surface area contributed by atoms with E-state index >= 15 is 0 Å². The molecule has 0 saturated carbocycles. The molecule has 85 heavy (non-hydrogen) atoms. The Hall–Kier alpha value is -3.74. The van der Waals surface area contributed by atoms with Crippen molar-refractivity contribution in [2.45, 2.75) is 212 Å². The molecule has 28 heteroatoms. The summed E-state index contributed by atoms with van der Waals surface area (Å²) < 4.78 is 61.0. The highest BCUT2D eigenvalue weighted by Crippen LogP contribution is 2.56. The molecular formula is C57H92N7O17P3S-4. The molecule has 1 aliphatic rings. The number of allylic oxidation sites excluding steroid dienone is 10. The van der Waals surface area contributed by atoms with Crippen molar-refractivity contribution in [3.05, 3.63) is 73.4 Å². The molecule has 7 atom stereocenters. The van der Waals surface area contributed by atoms with E-state index in [1.807, 2.05) is 0 Å². The summed E-state index contributed by atoms with van der Waals surface area (Å²) in [6.07, 6.45) is 42.8. The summed E-state index contributed by atoms with van der Waals surface area (Å²) in [5, 5.41) is 26.6. The third-order valence-corrected chi connectivity index (χ3v) is 17.6. The van der Waals surface area contributed by atoms with Gasteiger partial charge in [0.05, 0.1) is 27.4 Å². The average molecular weight is 1270 g/mol. The number of nitrogens with two attached hydrogens (primary N) is 1. The van der Waals surface area contributed by atoms with E-state index in [-0.39, 0.29) is 41.6 Å². The number of carbonyl (C=O) groups excluding carboxylic acids is 3. The zero-order valence-electron chi connectivity index (χ0n) is 49.7. The van der Waals surface area contributed by atoms with Gasteiger partial charge < -0.3 is 69.0 Å². The second-order valence-electron chi connectivity index (χ2n) is 21.5. The van der Waals surface area contributed by atoms with Gasteiger partial charge >= 0.3 is 0 Å². The van der Waals surface area contributed by atoms with Crippen molar-refractivity contribution in [1.82, 2.24) is 30.2 Å². The summed E-state index contributed by atoms with van der Waals surface area (Å²) in [5.41, 5.74) is 4.10. The minimum atomic E-state index is -5.93. The summed E-state index contributed by atoms with van der Waals surface area (Å²) in [7, 11) is -17.6. The number of ether oxygens (including phenoxy) is 1. The Morgan fingerprint density at radius 2 is 1.25 bits per heavy atom. The number of fused-ring (bicyclic) bond motifs is 1. The molecule has 0 bridgehead atoms. The molecule has 24 nitrogen and oxygen atoms in total. The third kappa shape index (κ3) is 33.4. The van der Waals surface area contributed by atoms with Gasteiger partial charge in [-0.1, -0.05) is 183 Å². The molecule has 1 aliphatic heterocycles. The van der Waals surface area contributed by atoms with Gasteiger partial charge in [0.25, 0.3) is 15.6 Å². The minimum absolute atomic E-state index is 0.0188. The maximum absolute atomic E-state index is 12.7. The smallest absolute Gasteiger partial charge is 0.274 e. The maximum atomic E-state index is 12.7. The largest absolute Gasteiger partial charge is 0.790 e. The lowest BCUT2D eigenvalue weighted by Gasteiger charge is -2.36. The minimum Gasteiger partial charge on any atom is -0.790 e. The molecule has 482 valence electrons. The van der Waals surface area contributed by atoms with Crippen LogP contribution in [0.4, 0.5) is 5.82 Å². The highest BCUT2D eigenvalue weighted by Gasteiger charge is 2.47. The van der Waals surface area contributed by atoms with Crippen molar-refractivity contribution in [3.8, 4) is 0 Å². The number of phosphoric ester groups is 3. The van der Waals surface area contributed by atoms with Gasteiger partial charge in [-0.25, -0.2) is 19.3 Å². The van der Waals surface area contributed by atoms with E-state index in [1.165, 1.54) is 117 Å². The standard InChI is InChI=1S/C57H96N7O17P3S/c1-4-5-6-7-8-9-10-11-12-13-14-15-16-17-18-19-20-21-22-23-24-25-26-27-28-29-30-31-32-33-34-35-36-37-48(66)85-41-40-59-47(65)38-39-60-55(69)52(68)57(2,3)43-78-84(75,76)81-83(73,74)77-42-46-51(80-82(70,71)72)50(67)56(79-46)64-45-63-49-53(58)61-44-62-54(49)64/h8-9,11-12,14-15,17-18,20-21,44-46,50-52,56,67-68H,4-7,10,13,16,19,22-43H2,1-3H3,(H,59,65)(H,60,69)(H,73,74)(H,75,76)(H2,58,61,62)(H2,70,71,72)/p-4/b9-8-,12-11-,15-14-,18-17-,21-20-/t46-,50-,51-,52+,56-/m1/s1. The zero-order valence-corrected chi connectivity index (χ0v) is 53.2. The van der Waals surface area contributed by atoms with E-state index in [2.05, 4.69) is 111 Å². The normalized spacial score (nSPS) is 18.8. The Bertz CT molecular complexity index is 2560. The number of nitrogen functional groups attached to an aromatic ring is 1. The first-order chi connectivity index (χ1) is 40.6. The van der Waals surface area contributed by atoms with Crippen molar-refractivity contribution < 1.29 is 80.5 Å². The molecule has 2 unspecified atom stereocenters. The zero-order chi connectivity index (χ0) is 62.4. The number of unbranched alkanes of at least 4 members (excludes halogenated alkanes) is 17. The van der Waals surface area contributed by atoms with E-state index in [0.29, 0.717) is 12.2 Å². The summed E-state index contributed by atoms with van der Waals surface area (Å²) >= 11 is 1.15. The van der Waals surface area contributed by atoms with Crippen molar-refractivity contribution in [2.24, 2.45) is 5.41 Å². The molecule has 2 aromatic rings. The number of amides is 2. The predicted molar refractivity (Wildman–Crippen MR) is 320 cm³/mol. The van der Waals surface area contributed by atoms with Crippen LogP contribution in [0.2, 0.25) is 0 Å². The van der Waals surface area contributed by atoms with Crippen LogP contribution < -0.4 is 35.9 Å². The SMILES string of the molecule is CCCCC/C=C\C/C=C\C/C=C\C/C=C\C/C=C\CCCCCCCCCCCCCCCCC(=O)SCCNC(=O)CCNC(=O)[C@H](O)C(C)(C)COP(=O)([O-])OP(=O)([O-])OC[C@H]1O[C@@H](n2cnc3c(N)ncnc32)[C@H](O)[C@@H]1OP(=O)([O-])[O-]. The van der Waals surface area contributed by atoms with Gasteiger partial charge in [0.1, 0.15) is 36.3 Å². The van der Waals surface area contributed by atoms with Gasteiger partial charge in [-0.3, -0.25) is 28.1 Å². The maximum Gasteiger partial charge on any atom is 0.274 e. The molecule has 6 N–H and O–H groups in total. The lowest BCUT2D eigenvalue weighted by molar-refractivity contribution is -0.347. The Morgan fingerprint density at radius 3 is 1.80 bits per heavy atom. The fourth-order valence-electron chi connectivity index (χ4n) is 8.83. The van der Waals surface area contributed by atoms with Gasteiger partial charge in [0, 0.05) is 37.1 Å². The van der Waals surface area contributed by atoms with Crippen LogP contribution in [0.25, 0.3) is 11.2 Å². The monoisotopic (exact) mass is 1270 g/mol. The van der Waals surface area contributed by atoms with Gasteiger partial charge in [-0.2, -0.15) is 0 Å². The molecule has 0 aliphatic carbocycles. The highest BCUT2D eigenvalue weighted by molar-refractivity contribution is 8.13. The molecule has 3 heterocycles. The number of phosphoric acid groups is 3. The second-order valence-corrected chi connectivity index (χ2v) is 26.7. The summed E-state index contributed by atoms with van der Waals surface area (Å²) in [4.78, 5) is 97.3. The predicted octanol–water partition coefficient (Wildman–Crippen LogP) is 8.30. The molecule has 0 aromatic carbocycles. The molecule has 3 rings (SSSR count). The van der Waals surface area contributed by atoms with Gasteiger partial charge in [-0.05, 0) is 57.8 Å². The number of anilines is 1. The molecule has 2 aromatic heterocycles. The molecule has 2 amide bonds. The number of aliphatic hydroxyl groups excluding tert-OH is 2. The number of aromatic nitrogens is 4. The van der Waals surface area contributed by atoms with Crippen LogP contribution >= 0.6 is 35.2 Å². The van der Waals surface area contributed by atoms with Crippen molar-refractivity contribution in [2.75, 3.05) is 37.8 Å². The molecule has 1 fully saturated rings. The Kier molecular flexibility index (Phi) is 37.5. The highest BCUT2D eigenvalue weighted by atomic mass is 32.2. The fourth-order valence-corrected chi connectivity index (χ4v) is 12.3. The van der Waals surface area contributed by atoms with E-state index in [4.69, 9.17) is 10.5 Å². The number of imidazole rings is 1. The van der Waals surface area contributed by atoms with Crippen LogP contribution in [0.5, 0.6) is 0 Å². The number of nitrogens with zero attached hydrogens (tertiary/aromatic N) is 4. The number of aliphatic hydroxyl groups is 2. The van der Waals surface area contributed by atoms with Gasteiger partial charge in [-0.15, -0.1) is 0 Å². The molecule has 0 spiro atoms. The number of rotatable bonds is 48. The first-order valence-electron chi connectivity index (χ1n) is 29.8. The van der Waals surface area contributed by atoms with E-state index in [1.54, 1.807) is 0 Å². The van der Waals surface area contributed by atoms with E-state index in [9.17, 15) is 57.9 Å². The number of hydrogen-bond donors (Lipinski definition) is 5. The summed E-state index contributed by atoms with van der Waals surface area (Å²) in [5.74, 6) is -1.14. The topological polar surface area (TPSA) is 375 Å². The Labute approximate surface area is 506 Å². The second kappa shape index (κ2) is 42.2. The fraction of sp³-hybridized carbons (Fsp3) is 0.684. The van der Waals surface area contributed by atoms with E-state index in [0.717, 1.165) is 73.9 Å². The quantitative estimate of drug-likeness (QED) is 0.0236.